The first kappa shape index (κ1) is 10.6. The molecule has 0 radical (unpaired) electrons. The fraction of sp³-hybridized carbons (Fsp3) is 0.364. The van der Waals surface area contributed by atoms with E-state index in [9.17, 15) is 0 Å². The van der Waals surface area contributed by atoms with Crippen LogP contribution in [0.2, 0.25) is 0 Å². The lowest BCUT2D eigenvalue weighted by atomic mass is 10.1. The van der Waals surface area contributed by atoms with E-state index in [1.54, 1.807) is 0 Å². The van der Waals surface area contributed by atoms with E-state index < -0.39 is 0 Å². The van der Waals surface area contributed by atoms with Gasteiger partial charge in [-0.1, -0.05) is 6.07 Å². The van der Waals surface area contributed by atoms with Gasteiger partial charge in [-0.25, -0.2) is 0 Å². The molecule has 76 valence electrons. The van der Waals surface area contributed by atoms with Gasteiger partial charge in [0.2, 0.25) is 0 Å². The van der Waals surface area contributed by atoms with E-state index in [2.05, 4.69) is 19.2 Å². The predicted octanol–water partition coefficient (Wildman–Crippen LogP) is 2.10. The van der Waals surface area contributed by atoms with Gasteiger partial charge in [-0.15, -0.1) is 0 Å². The van der Waals surface area contributed by atoms with Crippen molar-refractivity contribution in [3.63, 3.8) is 0 Å². The standard InChI is InChI=1S/C11H17N3/c1-7(2)14-10-6-8(3)4-5-9(10)11(12)13/h4-7,14H,1-3H3,(H3,12,13). The first-order chi connectivity index (χ1) is 6.50. The number of hydrogen-bond acceptors (Lipinski definition) is 2. The second kappa shape index (κ2) is 4.13. The summed E-state index contributed by atoms with van der Waals surface area (Å²) >= 11 is 0. The molecule has 0 unspecified atom stereocenters. The predicted molar refractivity (Wildman–Crippen MR) is 61.0 cm³/mol. The molecule has 0 spiro atoms. The van der Waals surface area contributed by atoms with E-state index in [1.807, 2.05) is 25.1 Å². The molecular weight excluding hydrogens is 174 g/mol. The van der Waals surface area contributed by atoms with Crippen LogP contribution < -0.4 is 11.1 Å². The van der Waals surface area contributed by atoms with Crippen LogP contribution in [0.4, 0.5) is 5.69 Å². The molecule has 0 aliphatic heterocycles. The molecule has 1 aromatic rings. The second-order valence-electron chi connectivity index (χ2n) is 3.76. The molecule has 0 bridgehead atoms. The minimum Gasteiger partial charge on any atom is -0.384 e. The Hall–Kier alpha value is -1.51. The zero-order valence-corrected chi connectivity index (χ0v) is 8.89. The highest BCUT2D eigenvalue weighted by Crippen LogP contribution is 2.17. The fourth-order valence-electron chi connectivity index (χ4n) is 1.32. The van der Waals surface area contributed by atoms with Gasteiger partial charge in [-0.2, -0.15) is 0 Å². The van der Waals surface area contributed by atoms with Gasteiger partial charge in [0.05, 0.1) is 0 Å². The Morgan fingerprint density at radius 1 is 1.43 bits per heavy atom. The van der Waals surface area contributed by atoms with E-state index in [0.29, 0.717) is 6.04 Å². The molecule has 0 fully saturated rings. The van der Waals surface area contributed by atoms with Crippen molar-refractivity contribution in [2.75, 3.05) is 5.32 Å². The van der Waals surface area contributed by atoms with E-state index in [4.69, 9.17) is 11.1 Å². The number of amidine groups is 1. The summed E-state index contributed by atoms with van der Waals surface area (Å²) in [4.78, 5) is 0. The smallest absolute Gasteiger partial charge is 0.124 e. The van der Waals surface area contributed by atoms with Crippen LogP contribution in [-0.4, -0.2) is 11.9 Å². The third-order valence-electron chi connectivity index (χ3n) is 1.91. The van der Waals surface area contributed by atoms with Gasteiger partial charge in [0.1, 0.15) is 5.84 Å². The molecule has 0 aromatic heterocycles. The van der Waals surface area contributed by atoms with Gasteiger partial charge in [-0.05, 0) is 38.5 Å². The monoisotopic (exact) mass is 191 g/mol. The van der Waals surface area contributed by atoms with Crippen LogP contribution in [0.3, 0.4) is 0 Å². The number of hydrogen-bond donors (Lipinski definition) is 3. The third-order valence-corrected chi connectivity index (χ3v) is 1.91. The lowest BCUT2D eigenvalue weighted by Gasteiger charge is -2.14. The molecule has 0 heterocycles. The Labute approximate surface area is 84.8 Å². The summed E-state index contributed by atoms with van der Waals surface area (Å²) in [6, 6.07) is 6.19. The van der Waals surface area contributed by atoms with Gasteiger partial charge in [0.15, 0.2) is 0 Å². The van der Waals surface area contributed by atoms with E-state index in [1.165, 1.54) is 0 Å². The van der Waals surface area contributed by atoms with E-state index in [0.717, 1.165) is 16.8 Å². The first-order valence-corrected chi connectivity index (χ1v) is 4.72. The normalized spacial score (nSPS) is 10.3. The average Bonchev–Trinajstić information content (AvgIpc) is 2.01. The molecule has 0 saturated heterocycles. The van der Waals surface area contributed by atoms with Gasteiger partial charge in [-0.3, -0.25) is 5.41 Å². The van der Waals surface area contributed by atoms with E-state index in [-0.39, 0.29) is 5.84 Å². The zero-order valence-electron chi connectivity index (χ0n) is 8.89. The highest BCUT2D eigenvalue weighted by molar-refractivity contribution is 6.00. The van der Waals surface area contributed by atoms with Crippen LogP contribution >= 0.6 is 0 Å². The zero-order chi connectivity index (χ0) is 10.7. The number of benzene rings is 1. The average molecular weight is 191 g/mol. The van der Waals surface area contributed by atoms with Crippen LogP contribution in [0, 0.1) is 12.3 Å². The first-order valence-electron chi connectivity index (χ1n) is 4.72. The number of aryl methyl sites for hydroxylation is 1. The Morgan fingerprint density at radius 2 is 2.07 bits per heavy atom. The lowest BCUT2D eigenvalue weighted by Crippen LogP contribution is -2.17. The quantitative estimate of drug-likeness (QED) is 0.506. The molecule has 3 nitrogen and oxygen atoms in total. The van der Waals surface area contributed by atoms with Crippen LogP contribution in [0.25, 0.3) is 0 Å². The topological polar surface area (TPSA) is 61.9 Å². The van der Waals surface area contributed by atoms with Gasteiger partial charge in [0, 0.05) is 17.3 Å². The number of nitrogens with two attached hydrogens (primary N) is 1. The molecule has 3 heteroatoms. The molecular formula is C11H17N3. The minimum absolute atomic E-state index is 0.105. The Balaban J connectivity index is 3.09. The van der Waals surface area contributed by atoms with Gasteiger partial charge < -0.3 is 11.1 Å². The summed E-state index contributed by atoms with van der Waals surface area (Å²) < 4.78 is 0. The largest absolute Gasteiger partial charge is 0.384 e. The van der Waals surface area contributed by atoms with Crippen LogP contribution in [0.15, 0.2) is 18.2 Å². The molecule has 1 aromatic carbocycles. The molecule has 1 rings (SSSR count). The molecule has 0 atom stereocenters. The van der Waals surface area contributed by atoms with Crippen LogP contribution in [0.1, 0.15) is 25.0 Å². The van der Waals surface area contributed by atoms with Gasteiger partial charge >= 0.3 is 0 Å². The highest BCUT2D eigenvalue weighted by atomic mass is 14.9. The van der Waals surface area contributed by atoms with Crippen molar-refractivity contribution < 1.29 is 0 Å². The number of nitrogen functional groups attached to an aromatic ring is 1. The fourth-order valence-corrected chi connectivity index (χ4v) is 1.32. The van der Waals surface area contributed by atoms with Crippen molar-refractivity contribution in [2.24, 2.45) is 5.73 Å². The molecule has 0 aliphatic carbocycles. The highest BCUT2D eigenvalue weighted by Gasteiger charge is 2.05. The second-order valence-corrected chi connectivity index (χ2v) is 3.76. The molecule has 14 heavy (non-hydrogen) atoms. The van der Waals surface area contributed by atoms with Crippen molar-refractivity contribution in [3.05, 3.63) is 29.3 Å². The van der Waals surface area contributed by atoms with E-state index >= 15 is 0 Å². The van der Waals surface area contributed by atoms with Crippen molar-refractivity contribution in [2.45, 2.75) is 26.8 Å². The maximum absolute atomic E-state index is 7.43. The Bertz CT molecular complexity index is 342. The Morgan fingerprint density at radius 3 is 2.57 bits per heavy atom. The van der Waals surface area contributed by atoms with Crippen LogP contribution in [0.5, 0.6) is 0 Å². The van der Waals surface area contributed by atoms with Crippen molar-refractivity contribution in [3.8, 4) is 0 Å². The number of nitrogens with one attached hydrogen (secondary N) is 2. The van der Waals surface area contributed by atoms with Crippen molar-refractivity contribution >= 4 is 11.5 Å². The summed E-state index contributed by atoms with van der Waals surface area (Å²) in [5.41, 5.74) is 8.35. The molecule has 4 N–H and O–H groups in total. The maximum Gasteiger partial charge on any atom is 0.124 e. The van der Waals surface area contributed by atoms with Crippen molar-refractivity contribution in [1.29, 1.82) is 5.41 Å². The number of anilines is 1. The summed E-state index contributed by atoms with van der Waals surface area (Å²) in [5.74, 6) is 0.105. The molecule has 0 aliphatic rings. The SMILES string of the molecule is Cc1ccc(C(=N)N)c(NC(C)C)c1. The summed E-state index contributed by atoms with van der Waals surface area (Å²) in [6.45, 7) is 6.15. The number of rotatable bonds is 3. The van der Waals surface area contributed by atoms with Gasteiger partial charge in [0.25, 0.3) is 0 Å². The lowest BCUT2D eigenvalue weighted by molar-refractivity contribution is 0.898. The molecule has 0 amide bonds. The minimum atomic E-state index is 0.105. The summed E-state index contributed by atoms with van der Waals surface area (Å²) in [5, 5.41) is 10.7. The molecule has 0 saturated carbocycles. The maximum atomic E-state index is 7.43. The van der Waals surface area contributed by atoms with Crippen LogP contribution in [-0.2, 0) is 0 Å². The third kappa shape index (κ3) is 2.49. The van der Waals surface area contributed by atoms with Crippen molar-refractivity contribution in [1.82, 2.24) is 0 Å². The summed E-state index contributed by atoms with van der Waals surface area (Å²) in [6.07, 6.45) is 0. The Kier molecular flexibility index (Phi) is 3.12. The summed E-state index contributed by atoms with van der Waals surface area (Å²) in [7, 11) is 0.